The number of nitrogens with one attached hydrogen (secondary N) is 1. The highest BCUT2D eigenvalue weighted by Gasteiger charge is 2.38. The van der Waals surface area contributed by atoms with E-state index in [1.54, 1.807) is 4.90 Å². The number of hydrogen-bond donors (Lipinski definition) is 1. The zero-order chi connectivity index (χ0) is 15.9. The van der Waals surface area contributed by atoms with Gasteiger partial charge in [0.05, 0.1) is 0 Å². The van der Waals surface area contributed by atoms with Crippen LogP contribution in [0.3, 0.4) is 0 Å². The molecule has 0 bridgehead atoms. The van der Waals surface area contributed by atoms with E-state index in [2.05, 4.69) is 5.32 Å². The van der Waals surface area contributed by atoms with Gasteiger partial charge < -0.3 is 5.32 Å². The van der Waals surface area contributed by atoms with Crippen LogP contribution in [0.2, 0.25) is 0 Å². The molecule has 1 unspecified atom stereocenters. The van der Waals surface area contributed by atoms with Gasteiger partial charge in [-0.3, -0.25) is 4.90 Å². The van der Waals surface area contributed by atoms with Gasteiger partial charge in [-0.05, 0) is 37.8 Å². The molecule has 2 fully saturated rings. The van der Waals surface area contributed by atoms with Crippen LogP contribution in [-0.2, 0) is 6.54 Å². The van der Waals surface area contributed by atoms with Gasteiger partial charge in [0.2, 0.25) is 5.82 Å². The fourth-order valence-electron chi connectivity index (χ4n) is 3.60. The lowest BCUT2D eigenvalue weighted by Crippen LogP contribution is -2.44. The van der Waals surface area contributed by atoms with E-state index in [4.69, 9.17) is 0 Å². The predicted molar refractivity (Wildman–Crippen MR) is 70.7 cm³/mol. The quantitative estimate of drug-likeness (QED) is 0.512. The third-order valence-corrected chi connectivity index (χ3v) is 4.76. The van der Waals surface area contributed by atoms with Crippen molar-refractivity contribution in [2.45, 2.75) is 25.8 Å². The van der Waals surface area contributed by atoms with Crippen molar-refractivity contribution in [1.82, 2.24) is 10.2 Å². The van der Waals surface area contributed by atoms with Crippen LogP contribution in [0.15, 0.2) is 0 Å². The molecule has 7 heteroatoms. The van der Waals surface area contributed by atoms with Gasteiger partial charge in [-0.1, -0.05) is 0 Å². The van der Waals surface area contributed by atoms with Crippen LogP contribution in [0.5, 0.6) is 0 Å². The van der Waals surface area contributed by atoms with E-state index < -0.39 is 34.6 Å². The summed E-state index contributed by atoms with van der Waals surface area (Å²) in [6, 6.07) is 0. The molecule has 3 rings (SSSR count). The van der Waals surface area contributed by atoms with Gasteiger partial charge >= 0.3 is 0 Å². The van der Waals surface area contributed by atoms with Crippen molar-refractivity contribution in [3.63, 3.8) is 0 Å². The normalized spacial score (nSPS) is 26.0. The highest BCUT2D eigenvalue weighted by atomic mass is 19.2. The van der Waals surface area contributed by atoms with Gasteiger partial charge in [-0.15, -0.1) is 0 Å². The topological polar surface area (TPSA) is 15.3 Å². The third kappa shape index (κ3) is 2.60. The molecule has 1 N–H and O–H groups in total. The summed E-state index contributed by atoms with van der Waals surface area (Å²) in [6.07, 6.45) is 2.85. The molecule has 2 aliphatic rings. The first kappa shape index (κ1) is 15.7. The zero-order valence-electron chi connectivity index (χ0n) is 12.0. The Morgan fingerprint density at radius 3 is 2.14 bits per heavy atom. The molecular weight excluding hydrogens is 303 g/mol. The van der Waals surface area contributed by atoms with Crippen LogP contribution < -0.4 is 5.32 Å². The molecule has 2 aliphatic heterocycles. The molecule has 0 saturated carbocycles. The van der Waals surface area contributed by atoms with Gasteiger partial charge in [0, 0.05) is 25.2 Å². The number of rotatable bonds is 2. The van der Waals surface area contributed by atoms with Crippen LogP contribution >= 0.6 is 0 Å². The molecule has 1 aromatic carbocycles. The summed E-state index contributed by atoms with van der Waals surface area (Å²) in [7, 11) is 0. The Labute approximate surface area is 125 Å². The van der Waals surface area contributed by atoms with Crippen LogP contribution in [-0.4, -0.2) is 31.1 Å². The summed E-state index contributed by atoms with van der Waals surface area (Å²) in [5, 5.41) is 3.27. The lowest BCUT2D eigenvalue weighted by atomic mass is 9.79. The standard InChI is InChI=1S/C15H17F5N2/c16-10-9(11(17)13(19)14(20)12(10)18)6-22-5-1-2-15(8-22)3-4-21-7-15/h21H,1-8H2. The molecule has 0 aromatic heterocycles. The average molecular weight is 320 g/mol. The van der Waals surface area contributed by atoms with E-state index in [1.807, 2.05) is 0 Å². The summed E-state index contributed by atoms with van der Waals surface area (Å²) in [4.78, 5) is 1.79. The molecule has 2 heterocycles. The maximum Gasteiger partial charge on any atom is 0.200 e. The highest BCUT2D eigenvalue weighted by molar-refractivity contribution is 5.24. The van der Waals surface area contributed by atoms with Crippen molar-refractivity contribution in [2.75, 3.05) is 26.2 Å². The second-order valence-electron chi connectivity index (χ2n) is 6.29. The van der Waals surface area contributed by atoms with Crippen LogP contribution in [0.1, 0.15) is 24.8 Å². The summed E-state index contributed by atoms with van der Waals surface area (Å²) >= 11 is 0. The van der Waals surface area contributed by atoms with E-state index in [0.717, 1.165) is 32.4 Å². The van der Waals surface area contributed by atoms with Crippen molar-refractivity contribution in [2.24, 2.45) is 5.41 Å². The number of halogens is 5. The van der Waals surface area contributed by atoms with Crippen LogP contribution in [0, 0.1) is 34.5 Å². The molecule has 22 heavy (non-hydrogen) atoms. The fraction of sp³-hybridized carbons (Fsp3) is 0.600. The summed E-state index contributed by atoms with van der Waals surface area (Å²) in [5.74, 6) is -9.29. The Hall–Kier alpha value is -1.21. The largest absolute Gasteiger partial charge is 0.316 e. The van der Waals surface area contributed by atoms with E-state index >= 15 is 0 Å². The Morgan fingerprint density at radius 1 is 0.909 bits per heavy atom. The van der Waals surface area contributed by atoms with Gasteiger partial charge in [-0.25, -0.2) is 22.0 Å². The monoisotopic (exact) mass is 320 g/mol. The number of hydrogen-bond acceptors (Lipinski definition) is 2. The second kappa shape index (κ2) is 5.77. The van der Waals surface area contributed by atoms with Crippen molar-refractivity contribution in [1.29, 1.82) is 0 Å². The minimum Gasteiger partial charge on any atom is -0.316 e. The SMILES string of the molecule is Fc1c(F)c(F)c(CN2CCCC3(CCNC3)C2)c(F)c1F. The van der Waals surface area contributed by atoms with E-state index in [9.17, 15) is 22.0 Å². The molecule has 0 radical (unpaired) electrons. The summed E-state index contributed by atoms with van der Waals surface area (Å²) in [6.45, 7) is 2.69. The van der Waals surface area contributed by atoms with Crippen molar-refractivity contribution >= 4 is 0 Å². The summed E-state index contributed by atoms with van der Waals surface area (Å²) < 4.78 is 67.1. The van der Waals surface area contributed by atoms with Gasteiger partial charge in [-0.2, -0.15) is 0 Å². The second-order valence-corrected chi connectivity index (χ2v) is 6.29. The molecule has 2 nitrogen and oxygen atoms in total. The predicted octanol–water partition coefficient (Wildman–Crippen LogP) is 2.96. The maximum absolute atomic E-state index is 13.8. The van der Waals surface area contributed by atoms with Crippen LogP contribution in [0.25, 0.3) is 0 Å². The molecular formula is C15H17F5N2. The number of piperidine rings is 1. The minimum atomic E-state index is -2.10. The highest BCUT2D eigenvalue weighted by Crippen LogP contribution is 2.36. The first-order valence-electron chi connectivity index (χ1n) is 7.37. The molecule has 1 aromatic rings. The maximum atomic E-state index is 13.8. The molecule has 0 amide bonds. The first-order valence-corrected chi connectivity index (χ1v) is 7.37. The van der Waals surface area contributed by atoms with Crippen molar-refractivity contribution < 1.29 is 22.0 Å². The Morgan fingerprint density at radius 2 is 1.55 bits per heavy atom. The molecule has 1 atom stereocenters. The molecule has 0 aliphatic carbocycles. The Kier molecular flexibility index (Phi) is 4.11. The van der Waals surface area contributed by atoms with Gasteiger partial charge in [0.25, 0.3) is 0 Å². The molecule has 2 saturated heterocycles. The van der Waals surface area contributed by atoms with Gasteiger partial charge in [0.15, 0.2) is 23.3 Å². The number of likely N-dealkylation sites (tertiary alicyclic amines) is 1. The lowest BCUT2D eigenvalue weighted by molar-refractivity contribution is 0.0951. The van der Waals surface area contributed by atoms with E-state index in [1.165, 1.54) is 0 Å². The van der Waals surface area contributed by atoms with Crippen LogP contribution in [0.4, 0.5) is 22.0 Å². The average Bonchev–Trinajstić information content (AvgIpc) is 2.95. The molecule has 122 valence electrons. The minimum absolute atomic E-state index is 0.0579. The molecule has 1 spiro atoms. The first-order chi connectivity index (χ1) is 10.4. The summed E-state index contributed by atoms with van der Waals surface area (Å²) in [5.41, 5.74) is -0.679. The fourth-order valence-corrected chi connectivity index (χ4v) is 3.60. The number of nitrogens with zero attached hydrogens (tertiary/aromatic N) is 1. The lowest BCUT2D eigenvalue weighted by Gasteiger charge is -2.40. The number of benzene rings is 1. The van der Waals surface area contributed by atoms with Crippen molar-refractivity contribution in [3.05, 3.63) is 34.6 Å². The Balaban J connectivity index is 1.84. The smallest absolute Gasteiger partial charge is 0.200 e. The van der Waals surface area contributed by atoms with Crippen molar-refractivity contribution in [3.8, 4) is 0 Å². The van der Waals surface area contributed by atoms with E-state index in [0.29, 0.717) is 13.1 Å². The van der Waals surface area contributed by atoms with E-state index in [-0.39, 0.29) is 12.0 Å². The zero-order valence-corrected chi connectivity index (χ0v) is 12.0. The van der Waals surface area contributed by atoms with Gasteiger partial charge in [0.1, 0.15) is 0 Å². The Bertz CT molecular complexity index is 555. The third-order valence-electron chi connectivity index (χ3n) is 4.76.